The number of hydrogen-bond acceptors (Lipinski definition) is 5. The fourth-order valence-corrected chi connectivity index (χ4v) is 2.14. The van der Waals surface area contributed by atoms with Gasteiger partial charge in [-0.05, 0) is 30.4 Å². The molecule has 2 aromatic carbocycles. The van der Waals surface area contributed by atoms with Gasteiger partial charge >= 0.3 is 0 Å². The second-order valence-electron chi connectivity index (χ2n) is 4.42. The highest BCUT2D eigenvalue weighted by Gasteiger charge is 2.12. The highest BCUT2D eigenvalue weighted by Crippen LogP contribution is 2.29. The Kier molecular flexibility index (Phi) is 5.32. The molecule has 0 spiro atoms. The van der Waals surface area contributed by atoms with Crippen LogP contribution in [0.2, 0.25) is 0 Å². The van der Waals surface area contributed by atoms with E-state index in [0.29, 0.717) is 28.0 Å². The summed E-state index contributed by atoms with van der Waals surface area (Å²) in [4.78, 5) is 10.3. The van der Waals surface area contributed by atoms with Crippen LogP contribution in [0.1, 0.15) is 0 Å². The molecule has 0 unspecified atom stereocenters. The predicted octanol–water partition coefficient (Wildman–Crippen LogP) is 3.42. The topological polar surface area (TPSA) is 85.7 Å². The molecule has 0 saturated carbocycles. The van der Waals surface area contributed by atoms with Crippen LogP contribution in [0, 0.1) is 10.1 Å². The fourth-order valence-electron chi connectivity index (χ4n) is 1.92. The van der Waals surface area contributed by atoms with Gasteiger partial charge < -0.3 is 20.1 Å². The molecule has 0 heterocycles. The van der Waals surface area contributed by atoms with E-state index in [1.165, 1.54) is 25.3 Å². The average molecular weight is 333 g/mol. The summed E-state index contributed by atoms with van der Waals surface area (Å²) in [6.07, 6.45) is 0. The van der Waals surface area contributed by atoms with Crippen LogP contribution in [0.3, 0.4) is 0 Å². The number of benzene rings is 2. The molecule has 0 aliphatic heterocycles. The Morgan fingerprint density at radius 2 is 1.65 bits per heavy atom. The summed E-state index contributed by atoms with van der Waals surface area (Å²) in [6.45, 7) is 0. The van der Waals surface area contributed by atoms with Gasteiger partial charge in [0.05, 0.1) is 36.6 Å². The quantitative estimate of drug-likeness (QED) is 0.492. The molecule has 0 aliphatic rings. The first-order valence-electron chi connectivity index (χ1n) is 6.58. The lowest BCUT2D eigenvalue weighted by Gasteiger charge is -2.15. The van der Waals surface area contributed by atoms with E-state index in [2.05, 4.69) is 10.6 Å². The van der Waals surface area contributed by atoms with Crippen molar-refractivity contribution in [3.05, 3.63) is 52.6 Å². The molecule has 0 aromatic heterocycles. The number of nitro benzene ring substituents is 1. The maximum Gasteiger partial charge on any atom is 0.273 e. The summed E-state index contributed by atoms with van der Waals surface area (Å²) < 4.78 is 10.4. The van der Waals surface area contributed by atoms with Gasteiger partial charge in [-0.2, -0.15) is 0 Å². The molecule has 0 fully saturated rings. The van der Waals surface area contributed by atoms with Crippen molar-refractivity contribution in [1.82, 2.24) is 0 Å². The van der Waals surface area contributed by atoms with Crippen molar-refractivity contribution in [2.45, 2.75) is 0 Å². The summed E-state index contributed by atoms with van der Waals surface area (Å²) in [5, 5.41) is 17.0. The van der Waals surface area contributed by atoms with E-state index >= 15 is 0 Å². The van der Waals surface area contributed by atoms with E-state index in [-0.39, 0.29) is 5.69 Å². The van der Waals surface area contributed by atoms with Gasteiger partial charge in [-0.15, -0.1) is 0 Å². The molecule has 0 radical (unpaired) electrons. The number of non-ortho nitro benzene ring substituents is 1. The molecule has 120 valence electrons. The number of thiocarbonyl (C=S) groups is 1. The Balaban J connectivity index is 2.15. The lowest BCUT2D eigenvalue weighted by atomic mass is 10.2. The number of nitrogens with one attached hydrogen (secondary N) is 2. The van der Waals surface area contributed by atoms with Crippen molar-refractivity contribution in [3.63, 3.8) is 0 Å². The first-order chi connectivity index (χ1) is 11.0. The Hall–Kier alpha value is -2.87. The van der Waals surface area contributed by atoms with Gasteiger partial charge in [0, 0.05) is 6.07 Å². The molecule has 2 N–H and O–H groups in total. The third kappa shape index (κ3) is 4.07. The number of anilines is 2. The van der Waals surface area contributed by atoms with Gasteiger partial charge in [-0.25, -0.2) is 0 Å². The van der Waals surface area contributed by atoms with Crippen LogP contribution in [0.4, 0.5) is 17.1 Å². The van der Waals surface area contributed by atoms with Crippen molar-refractivity contribution in [3.8, 4) is 11.5 Å². The third-order valence-electron chi connectivity index (χ3n) is 3.00. The van der Waals surface area contributed by atoms with E-state index in [9.17, 15) is 10.1 Å². The molecule has 0 saturated heterocycles. The summed E-state index contributed by atoms with van der Waals surface area (Å²) in [6, 6.07) is 11.6. The Morgan fingerprint density at radius 1 is 1.04 bits per heavy atom. The van der Waals surface area contributed by atoms with Crippen LogP contribution in [0.15, 0.2) is 42.5 Å². The monoisotopic (exact) mass is 333 g/mol. The van der Waals surface area contributed by atoms with E-state index in [4.69, 9.17) is 21.7 Å². The average Bonchev–Trinajstić information content (AvgIpc) is 2.55. The predicted molar refractivity (Wildman–Crippen MR) is 92.5 cm³/mol. The smallest absolute Gasteiger partial charge is 0.273 e. The second-order valence-corrected chi connectivity index (χ2v) is 4.83. The number of hydrogen-bond donors (Lipinski definition) is 2. The van der Waals surface area contributed by atoms with Gasteiger partial charge in [0.2, 0.25) is 0 Å². The van der Waals surface area contributed by atoms with Crippen LogP contribution < -0.4 is 20.1 Å². The molecule has 2 aromatic rings. The first kappa shape index (κ1) is 16.5. The third-order valence-corrected chi connectivity index (χ3v) is 3.20. The zero-order valence-electron chi connectivity index (χ0n) is 12.5. The van der Waals surface area contributed by atoms with Gasteiger partial charge in [0.25, 0.3) is 5.69 Å². The van der Waals surface area contributed by atoms with Crippen molar-refractivity contribution in [1.29, 1.82) is 0 Å². The molecular formula is C15H15N3O4S. The van der Waals surface area contributed by atoms with Crippen molar-refractivity contribution < 1.29 is 14.4 Å². The minimum atomic E-state index is -0.488. The molecule has 2 rings (SSSR count). The van der Waals surface area contributed by atoms with E-state index in [1.54, 1.807) is 13.2 Å². The number of rotatable bonds is 5. The largest absolute Gasteiger partial charge is 0.495 e. The van der Waals surface area contributed by atoms with Crippen LogP contribution >= 0.6 is 12.2 Å². The Labute approximate surface area is 138 Å². The maximum atomic E-state index is 10.8. The normalized spacial score (nSPS) is 9.83. The molecule has 0 amide bonds. The minimum Gasteiger partial charge on any atom is -0.495 e. The summed E-state index contributed by atoms with van der Waals surface area (Å²) >= 11 is 5.25. The van der Waals surface area contributed by atoms with Gasteiger partial charge in [0.1, 0.15) is 11.5 Å². The fraction of sp³-hybridized carbons (Fsp3) is 0.133. The molecule has 7 nitrogen and oxygen atoms in total. The van der Waals surface area contributed by atoms with Crippen LogP contribution in [-0.4, -0.2) is 24.3 Å². The summed E-state index contributed by atoms with van der Waals surface area (Å²) in [7, 11) is 3.00. The highest BCUT2D eigenvalue weighted by molar-refractivity contribution is 7.80. The van der Waals surface area contributed by atoms with Gasteiger partial charge in [-0.3, -0.25) is 10.1 Å². The number of nitrogens with zero attached hydrogens (tertiary/aromatic N) is 1. The van der Waals surface area contributed by atoms with Gasteiger partial charge in [0.15, 0.2) is 5.11 Å². The van der Waals surface area contributed by atoms with Crippen LogP contribution in [0.5, 0.6) is 11.5 Å². The molecule has 8 heteroatoms. The lowest BCUT2D eigenvalue weighted by Crippen LogP contribution is -2.19. The Bertz CT molecular complexity index is 736. The second kappa shape index (κ2) is 7.41. The molecule has 0 atom stereocenters. The highest BCUT2D eigenvalue weighted by atomic mass is 32.1. The maximum absolute atomic E-state index is 10.8. The van der Waals surface area contributed by atoms with Crippen molar-refractivity contribution >= 4 is 34.4 Å². The lowest BCUT2D eigenvalue weighted by molar-refractivity contribution is -0.384. The zero-order chi connectivity index (χ0) is 16.8. The number of ether oxygens (including phenoxy) is 2. The number of nitro groups is 1. The van der Waals surface area contributed by atoms with Crippen molar-refractivity contribution in [2.75, 3.05) is 24.9 Å². The van der Waals surface area contributed by atoms with Crippen molar-refractivity contribution in [2.24, 2.45) is 0 Å². The van der Waals surface area contributed by atoms with E-state index in [0.717, 1.165) is 0 Å². The molecule has 0 bridgehead atoms. The van der Waals surface area contributed by atoms with Crippen LogP contribution in [-0.2, 0) is 0 Å². The molecular weight excluding hydrogens is 318 g/mol. The summed E-state index contributed by atoms with van der Waals surface area (Å²) in [5.74, 6) is 0.968. The van der Waals surface area contributed by atoms with Gasteiger partial charge in [-0.1, -0.05) is 12.1 Å². The first-order valence-corrected chi connectivity index (χ1v) is 6.99. The zero-order valence-corrected chi connectivity index (χ0v) is 13.3. The standard InChI is InChI=1S/C15H15N3O4S/c1-21-13-6-4-3-5-11(13)16-15(23)17-12-8-7-10(18(19)20)9-14(12)22-2/h3-9H,1-2H3,(H2,16,17,23). The van der Waals surface area contributed by atoms with Crippen LogP contribution in [0.25, 0.3) is 0 Å². The SMILES string of the molecule is COc1ccccc1NC(=S)Nc1ccc([N+](=O)[O-])cc1OC. The Morgan fingerprint density at radius 3 is 2.26 bits per heavy atom. The summed E-state index contributed by atoms with van der Waals surface area (Å²) in [5.41, 5.74) is 1.16. The minimum absolute atomic E-state index is 0.0593. The molecule has 0 aliphatic carbocycles. The number of methoxy groups -OCH3 is 2. The van der Waals surface area contributed by atoms with E-state index < -0.39 is 4.92 Å². The van der Waals surface area contributed by atoms with E-state index in [1.807, 2.05) is 18.2 Å². The number of para-hydroxylation sites is 2. The molecule has 23 heavy (non-hydrogen) atoms.